The number of amides is 2. The van der Waals surface area contributed by atoms with E-state index in [4.69, 9.17) is 0 Å². The lowest BCUT2D eigenvalue weighted by molar-refractivity contribution is 0.0920. The summed E-state index contributed by atoms with van der Waals surface area (Å²) < 4.78 is 29.0. The van der Waals surface area contributed by atoms with Crippen LogP contribution in [0.3, 0.4) is 0 Å². The molecule has 9 heteroatoms. The second kappa shape index (κ2) is 11.5. The highest BCUT2D eigenvalue weighted by molar-refractivity contribution is 6.10. The van der Waals surface area contributed by atoms with Crippen LogP contribution in [0.25, 0.3) is 10.9 Å². The first kappa shape index (κ1) is 26.9. The summed E-state index contributed by atoms with van der Waals surface area (Å²) >= 11 is 0. The van der Waals surface area contributed by atoms with E-state index in [2.05, 4.69) is 15.6 Å². The standard InChI is InChI=1S/C29H30F2N4O3/c1-17(2)27-26(29(38)33-14-19-7-10-23(30)24(31)12-19)22-9-8-20(28(37)34-18(3)16-36)13-25(22)35(27)15-21-6-4-5-11-32-21/h4-13,17-18,36H,14-16H2,1-3H3,(H,33,38)(H,34,37)/t18-/m0/s1. The molecule has 2 heterocycles. The summed E-state index contributed by atoms with van der Waals surface area (Å²) in [6.45, 7) is 5.85. The zero-order valence-corrected chi connectivity index (χ0v) is 21.5. The average Bonchev–Trinajstić information content (AvgIpc) is 3.23. The molecule has 0 fully saturated rings. The second-order valence-electron chi connectivity index (χ2n) is 9.54. The average molecular weight is 521 g/mol. The minimum atomic E-state index is -0.979. The summed E-state index contributed by atoms with van der Waals surface area (Å²) in [6, 6.07) is 13.8. The second-order valence-corrected chi connectivity index (χ2v) is 9.54. The molecule has 2 amide bonds. The minimum absolute atomic E-state index is 0.0139. The molecule has 0 bridgehead atoms. The van der Waals surface area contributed by atoms with Gasteiger partial charge in [-0.15, -0.1) is 0 Å². The number of carbonyl (C=O) groups excluding carboxylic acids is 2. The van der Waals surface area contributed by atoms with E-state index in [0.717, 1.165) is 23.5 Å². The number of nitrogens with zero attached hydrogens (tertiary/aromatic N) is 2. The molecule has 198 valence electrons. The third-order valence-electron chi connectivity index (χ3n) is 6.28. The first-order chi connectivity index (χ1) is 18.2. The molecule has 0 saturated heterocycles. The Morgan fingerprint density at radius 2 is 1.79 bits per heavy atom. The van der Waals surface area contributed by atoms with Crippen molar-refractivity contribution in [3.8, 4) is 0 Å². The van der Waals surface area contributed by atoms with Gasteiger partial charge >= 0.3 is 0 Å². The van der Waals surface area contributed by atoms with E-state index >= 15 is 0 Å². The normalized spacial score (nSPS) is 12.1. The maximum Gasteiger partial charge on any atom is 0.254 e. The number of carbonyl (C=O) groups is 2. The molecule has 2 aromatic carbocycles. The molecule has 0 saturated carbocycles. The van der Waals surface area contributed by atoms with Gasteiger partial charge in [0.2, 0.25) is 0 Å². The summed E-state index contributed by atoms with van der Waals surface area (Å²) in [4.78, 5) is 30.8. The fourth-order valence-corrected chi connectivity index (χ4v) is 4.45. The fraction of sp³-hybridized carbons (Fsp3) is 0.276. The quantitative estimate of drug-likeness (QED) is 0.302. The first-order valence-electron chi connectivity index (χ1n) is 12.4. The molecule has 0 spiro atoms. The highest BCUT2D eigenvalue weighted by Gasteiger charge is 2.26. The van der Waals surface area contributed by atoms with Gasteiger partial charge in [0.1, 0.15) is 0 Å². The van der Waals surface area contributed by atoms with E-state index in [-0.39, 0.29) is 30.9 Å². The van der Waals surface area contributed by atoms with E-state index in [1.165, 1.54) is 6.07 Å². The van der Waals surface area contributed by atoms with Crippen LogP contribution in [0.4, 0.5) is 8.78 Å². The Morgan fingerprint density at radius 3 is 2.45 bits per heavy atom. The van der Waals surface area contributed by atoms with Gasteiger partial charge in [0.05, 0.1) is 29.9 Å². The molecule has 0 unspecified atom stereocenters. The lowest BCUT2D eigenvalue weighted by Gasteiger charge is -2.15. The van der Waals surface area contributed by atoms with Crippen LogP contribution in [0, 0.1) is 11.6 Å². The molecule has 2 aromatic heterocycles. The van der Waals surface area contributed by atoms with Crippen molar-refractivity contribution in [2.45, 2.75) is 45.8 Å². The van der Waals surface area contributed by atoms with Crippen molar-refractivity contribution >= 4 is 22.7 Å². The van der Waals surface area contributed by atoms with Gasteiger partial charge < -0.3 is 20.3 Å². The molecule has 0 radical (unpaired) electrons. The van der Waals surface area contributed by atoms with E-state index in [0.29, 0.717) is 34.1 Å². The largest absolute Gasteiger partial charge is 0.394 e. The lowest BCUT2D eigenvalue weighted by atomic mass is 10.0. The zero-order valence-electron chi connectivity index (χ0n) is 21.5. The van der Waals surface area contributed by atoms with Crippen molar-refractivity contribution in [1.29, 1.82) is 0 Å². The maximum absolute atomic E-state index is 13.7. The zero-order chi connectivity index (χ0) is 27.4. The smallest absolute Gasteiger partial charge is 0.254 e. The van der Waals surface area contributed by atoms with E-state index in [1.54, 1.807) is 31.3 Å². The van der Waals surface area contributed by atoms with Crippen molar-refractivity contribution < 1.29 is 23.5 Å². The number of benzene rings is 2. The van der Waals surface area contributed by atoms with Gasteiger partial charge in [-0.25, -0.2) is 8.78 Å². The molecule has 7 nitrogen and oxygen atoms in total. The van der Waals surface area contributed by atoms with Gasteiger partial charge in [-0.05, 0) is 54.8 Å². The van der Waals surface area contributed by atoms with E-state index in [1.807, 2.05) is 36.6 Å². The molecule has 0 aliphatic rings. The van der Waals surface area contributed by atoms with Crippen molar-refractivity contribution in [1.82, 2.24) is 20.2 Å². The Labute approximate surface area is 219 Å². The van der Waals surface area contributed by atoms with Gasteiger partial charge in [-0.2, -0.15) is 0 Å². The molecule has 38 heavy (non-hydrogen) atoms. The number of aromatic nitrogens is 2. The summed E-state index contributed by atoms with van der Waals surface area (Å²) in [5.41, 5.74) is 3.49. The highest BCUT2D eigenvalue weighted by Crippen LogP contribution is 2.33. The molecular weight excluding hydrogens is 490 g/mol. The lowest BCUT2D eigenvalue weighted by Crippen LogP contribution is -2.34. The Morgan fingerprint density at radius 1 is 1.00 bits per heavy atom. The number of hydrogen-bond donors (Lipinski definition) is 3. The highest BCUT2D eigenvalue weighted by atomic mass is 19.2. The number of aliphatic hydroxyl groups excluding tert-OH is 1. The predicted molar refractivity (Wildman–Crippen MR) is 141 cm³/mol. The fourth-order valence-electron chi connectivity index (χ4n) is 4.45. The van der Waals surface area contributed by atoms with Gasteiger partial charge in [-0.3, -0.25) is 14.6 Å². The van der Waals surface area contributed by atoms with Crippen molar-refractivity contribution in [3.63, 3.8) is 0 Å². The summed E-state index contributed by atoms with van der Waals surface area (Å²) in [5, 5.41) is 15.6. The molecule has 0 aliphatic carbocycles. The van der Waals surface area contributed by atoms with Crippen LogP contribution in [0.15, 0.2) is 60.8 Å². The van der Waals surface area contributed by atoms with Crippen LogP contribution in [0.5, 0.6) is 0 Å². The molecular formula is C29H30F2N4O3. The van der Waals surface area contributed by atoms with Crippen LogP contribution in [-0.4, -0.2) is 39.1 Å². The molecule has 0 aliphatic heterocycles. The number of pyridine rings is 1. The molecule has 1 atom stereocenters. The summed E-state index contributed by atoms with van der Waals surface area (Å²) in [6.07, 6.45) is 1.70. The maximum atomic E-state index is 13.7. The number of hydrogen-bond acceptors (Lipinski definition) is 4. The van der Waals surface area contributed by atoms with E-state index < -0.39 is 17.7 Å². The van der Waals surface area contributed by atoms with Gasteiger partial charge in [0.25, 0.3) is 11.8 Å². The van der Waals surface area contributed by atoms with Crippen molar-refractivity contribution in [2.75, 3.05) is 6.61 Å². The van der Waals surface area contributed by atoms with Crippen molar-refractivity contribution in [3.05, 3.63) is 101 Å². The van der Waals surface area contributed by atoms with Gasteiger partial charge in [-0.1, -0.05) is 32.0 Å². The van der Waals surface area contributed by atoms with Gasteiger partial charge in [0, 0.05) is 35.4 Å². The monoisotopic (exact) mass is 520 g/mol. The number of nitrogens with one attached hydrogen (secondary N) is 2. The minimum Gasteiger partial charge on any atom is -0.394 e. The first-order valence-corrected chi connectivity index (χ1v) is 12.4. The molecule has 3 N–H and O–H groups in total. The third kappa shape index (κ3) is 5.73. The Hall–Kier alpha value is -4.11. The van der Waals surface area contributed by atoms with E-state index in [9.17, 15) is 23.5 Å². The van der Waals surface area contributed by atoms with Crippen LogP contribution in [0.2, 0.25) is 0 Å². The van der Waals surface area contributed by atoms with Crippen LogP contribution in [0.1, 0.15) is 64.4 Å². The van der Waals surface area contributed by atoms with Crippen LogP contribution in [-0.2, 0) is 13.1 Å². The summed E-state index contributed by atoms with van der Waals surface area (Å²) in [7, 11) is 0. The van der Waals surface area contributed by atoms with Crippen molar-refractivity contribution in [2.24, 2.45) is 0 Å². The van der Waals surface area contributed by atoms with Gasteiger partial charge in [0.15, 0.2) is 11.6 Å². The van der Waals surface area contributed by atoms with Crippen LogP contribution >= 0.6 is 0 Å². The van der Waals surface area contributed by atoms with Crippen LogP contribution < -0.4 is 10.6 Å². The third-order valence-corrected chi connectivity index (χ3v) is 6.28. The Balaban J connectivity index is 1.79. The molecule has 4 aromatic rings. The topological polar surface area (TPSA) is 96.3 Å². The number of rotatable bonds is 9. The summed E-state index contributed by atoms with van der Waals surface area (Å²) in [5.74, 6) is -2.70. The number of halogens is 2. The Kier molecular flexibility index (Phi) is 8.16. The molecule has 4 rings (SSSR count). The number of fused-ring (bicyclic) bond motifs is 1. The number of aliphatic hydroxyl groups is 1. The SMILES string of the molecule is CC(C)c1c(C(=O)NCc2ccc(F)c(F)c2)c2ccc(C(=O)N[C@@H](C)CO)cc2n1Cc1ccccn1. The Bertz CT molecular complexity index is 1470. The predicted octanol–water partition coefficient (Wildman–Crippen LogP) is 4.53.